The van der Waals surface area contributed by atoms with Crippen LogP contribution in [0.15, 0.2) is 30.3 Å². The second kappa shape index (κ2) is 3.61. The van der Waals surface area contributed by atoms with Gasteiger partial charge in [-0.25, -0.2) is 0 Å². The van der Waals surface area contributed by atoms with E-state index in [2.05, 4.69) is 46.8 Å². The van der Waals surface area contributed by atoms with Crippen LogP contribution in [0.1, 0.15) is 19.3 Å². The summed E-state index contributed by atoms with van der Waals surface area (Å²) in [5.74, 6) is 1.23. The van der Waals surface area contributed by atoms with E-state index < -0.39 is 0 Å². The average Bonchev–Trinajstić information content (AvgIpc) is 2.74. The fourth-order valence-electron chi connectivity index (χ4n) is 2.20. The van der Waals surface area contributed by atoms with Gasteiger partial charge < -0.3 is 9.88 Å². The van der Waals surface area contributed by atoms with Gasteiger partial charge in [-0.3, -0.25) is 0 Å². The third kappa shape index (κ3) is 1.60. The van der Waals surface area contributed by atoms with Crippen molar-refractivity contribution >= 4 is 16.7 Å². The Morgan fingerprint density at radius 1 is 1.13 bits per heavy atom. The third-order valence-electron chi connectivity index (χ3n) is 3.03. The van der Waals surface area contributed by atoms with Gasteiger partial charge in [0.05, 0.1) is 6.54 Å². The van der Waals surface area contributed by atoms with Crippen LogP contribution in [0.25, 0.3) is 10.9 Å². The van der Waals surface area contributed by atoms with Crippen molar-refractivity contribution in [1.82, 2.24) is 4.98 Å². The number of hydrogen-bond acceptors (Lipinski definition) is 1. The van der Waals surface area contributed by atoms with Crippen LogP contribution in [0.4, 0.5) is 5.82 Å². The summed E-state index contributed by atoms with van der Waals surface area (Å²) in [5.41, 5.74) is 1.23. The van der Waals surface area contributed by atoms with E-state index in [9.17, 15) is 0 Å². The summed E-state index contributed by atoms with van der Waals surface area (Å²) in [6.45, 7) is 3.45. The monoisotopic (exact) mass is 199 g/mol. The minimum atomic E-state index is 1.15. The van der Waals surface area contributed by atoms with Gasteiger partial charge >= 0.3 is 0 Å². The van der Waals surface area contributed by atoms with E-state index in [1.165, 1.54) is 36.0 Å². The molecule has 77 valence electrons. The number of nitrogens with one attached hydrogen (secondary N) is 1. The van der Waals surface area contributed by atoms with E-state index in [-0.39, 0.29) is 0 Å². The minimum Gasteiger partial charge on any atom is -0.353 e. The predicted molar refractivity (Wildman–Crippen MR) is 63.8 cm³/mol. The first-order valence-corrected chi connectivity index (χ1v) is 5.61. The van der Waals surface area contributed by atoms with Crippen molar-refractivity contribution in [3.05, 3.63) is 36.9 Å². The van der Waals surface area contributed by atoms with Crippen molar-refractivity contribution in [2.75, 3.05) is 11.4 Å². The molecule has 1 saturated heterocycles. The number of aromatic amines is 1. The van der Waals surface area contributed by atoms with Crippen molar-refractivity contribution in [3.8, 4) is 0 Å². The fourth-order valence-corrected chi connectivity index (χ4v) is 2.20. The molecular formula is C13H15N2. The van der Waals surface area contributed by atoms with Crippen LogP contribution in [0.2, 0.25) is 0 Å². The molecule has 2 heterocycles. The number of H-pyrrole nitrogens is 1. The molecular weight excluding hydrogens is 184 g/mol. The van der Waals surface area contributed by atoms with Gasteiger partial charge in [-0.2, -0.15) is 0 Å². The Hall–Kier alpha value is -1.44. The number of aromatic nitrogens is 1. The maximum absolute atomic E-state index is 3.46. The number of benzene rings is 1. The quantitative estimate of drug-likeness (QED) is 0.746. The van der Waals surface area contributed by atoms with Crippen molar-refractivity contribution in [2.45, 2.75) is 19.3 Å². The van der Waals surface area contributed by atoms with Crippen LogP contribution >= 0.6 is 0 Å². The number of fused-ring (bicyclic) bond motifs is 1. The van der Waals surface area contributed by atoms with Crippen LogP contribution < -0.4 is 4.90 Å². The third-order valence-corrected chi connectivity index (χ3v) is 3.03. The molecule has 1 radical (unpaired) electrons. The number of hydrogen-bond donors (Lipinski definition) is 1. The first-order chi connectivity index (χ1) is 7.43. The van der Waals surface area contributed by atoms with E-state index in [1.807, 2.05) is 0 Å². The lowest BCUT2D eigenvalue weighted by atomic mass is 10.1. The maximum atomic E-state index is 3.46. The Labute approximate surface area is 89.9 Å². The van der Waals surface area contributed by atoms with Gasteiger partial charge in [0.1, 0.15) is 5.82 Å². The summed E-state index contributed by atoms with van der Waals surface area (Å²) in [4.78, 5) is 5.80. The summed E-state index contributed by atoms with van der Waals surface area (Å²) >= 11 is 0. The molecule has 15 heavy (non-hydrogen) atoms. The second-order valence-corrected chi connectivity index (χ2v) is 4.11. The largest absolute Gasteiger partial charge is 0.353 e. The van der Waals surface area contributed by atoms with Gasteiger partial charge in [0.2, 0.25) is 0 Å². The molecule has 2 nitrogen and oxygen atoms in total. The molecule has 0 unspecified atom stereocenters. The highest BCUT2D eigenvalue weighted by Crippen LogP contribution is 2.25. The van der Waals surface area contributed by atoms with Crippen LogP contribution in [0.5, 0.6) is 0 Å². The molecule has 1 aromatic carbocycles. The SMILES string of the molecule is [CH]1CCCCN1c1cc2ccccc2[nH]1. The van der Waals surface area contributed by atoms with E-state index in [1.54, 1.807) is 0 Å². The molecule has 2 heteroatoms. The van der Waals surface area contributed by atoms with E-state index in [0.717, 1.165) is 6.54 Å². The lowest BCUT2D eigenvalue weighted by Gasteiger charge is -2.26. The van der Waals surface area contributed by atoms with Gasteiger partial charge in [0.15, 0.2) is 0 Å². The first kappa shape index (κ1) is 8.84. The summed E-state index contributed by atoms with van der Waals surface area (Å²) in [7, 11) is 0. The molecule has 2 aromatic rings. The summed E-state index contributed by atoms with van der Waals surface area (Å²) in [6.07, 6.45) is 3.83. The molecule has 0 amide bonds. The van der Waals surface area contributed by atoms with Gasteiger partial charge in [-0.1, -0.05) is 18.2 Å². The molecule has 1 aliphatic rings. The number of anilines is 1. The molecule has 0 atom stereocenters. The number of para-hydroxylation sites is 1. The highest BCUT2D eigenvalue weighted by molar-refractivity contribution is 5.84. The van der Waals surface area contributed by atoms with Crippen LogP contribution in [-0.4, -0.2) is 11.5 Å². The van der Waals surface area contributed by atoms with Crippen molar-refractivity contribution in [3.63, 3.8) is 0 Å². The lowest BCUT2D eigenvalue weighted by molar-refractivity contribution is 0.630. The van der Waals surface area contributed by atoms with Crippen LogP contribution in [-0.2, 0) is 0 Å². The molecule has 0 saturated carbocycles. The average molecular weight is 199 g/mol. The van der Waals surface area contributed by atoms with Crippen molar-refractivity contribution in [2.24, 2.45) is 0 Å². The second-order valence-electron chi connectivity index (χ2n) is 4.11. The maximum Gasteiger partial charge on any atom is 0.107 e. The Morgan fingerprint density at radius 3 is 2.87 bits per heavy atom. The molecule has 3 rings (SSSR count). The van der Waals surface area contributed by atoms with Crippen molar-refractivity contribution in [1.29, 1.82) is 0 Å². The zero-order chi connectivity index (χ0) is 10.1. The fraction of sp³-hybridized carbons (Fsp3) is 0.308. The molecule has 1 aliphatic heterocycles. The lowest BCUT2D eigenvalue weighted by Crippen LogP contribution is -2.25. The number of rotatable bonds is 1. The molecule has 1 N–H and O–H groups in total. The van der Waals surface area contributed by atoms with Crippen LogP contribution in [0.3, 0.4) is 0 Å². The van der Waals surface area contributed by atoms with E-state index >= 15 is 0 Å². The molecule has 0 spiro atoms. The number of piperidine rings is 1. The molecule has 1 aromatic heterocycles. The zero-order valence-corrected chi connectivity index (χ0v) is 8.74. The summed E-state index contributed by atoms with van der Waals surface area (Å²) in [6, 6.07) is 10.7. The highest BCUT2D eigenvalue weighted by Gasteiger charge is 2.12. The summed E-state index contributed by atoms with van der Waals surface area (Å²) < 4.78 is 0. The van der Waals surface area contributed by atoms with Gasteiger partial charge in [0.25, 0.3) is 0 Å². The molecule has 1 fully saturated rings. The van der Waals surface area contributed by atoms with Crippen molar-refractivity contribution < 1.29 is 0 Å². The Balaban J connectivity index is 1.96. The topological polar surface area (TPSA) is 19.0 Å². The standard InChI is InChI=1S/C13H15N2/c1-4-8-15(9-5-1)13-10-11-6-2-3-7-12(11)14-13/h2-3,6-8,10,14H,1,4-5,9H2. The highest BCUT2D eigenvalue weighted by atomic mass is 15.2. The smallest absolute Gasteiger partial charge is 0.107 e. The number of nitrogens with zero attached hydrogens (tertiary/aromatic N) is 1. The van der Waals surface area contributed by atoms with E-state index in [0.29, 0.717) is 0 Å². The zero-order valence-electron chi connectivity index (χ0n) is 8.74. The van der Waals surface area contributed by atoms with Gasteiger partial charge in [-0.15, -0.1) is 0 Å². The Kier molecular flexibility index (Phi) is 2.13. The van der Waals surface area contributed by atoms with E-state index in [4.69, 9.17) is 0 Å². The molecule has 0 bridgehead atoms. The summed E-state index contributed by atoms with van der Waals surface area (Å²) in [5, 5.41) is 1.30. The molecule has 0 aliphatic carbocycles. The van der Waals surface area contributed by atoms with Gasteiger partial charge in [0, 0.05) is 17.4 Å². The Morgan fingerprint density at radius 2 is 2.07 bits per heavy atom. The first-order valence-electron chi connectivity index (χ1n) is 5.61. The van der Waals surface area contributed by atoms with Gasteiger partial charge in [-0.05, 0) is 31.4 Å². The Bertz CT molecular complexity index is 419. The minimum absolute atomic E-state index is 1.15. The van der Waals surface area contributed by atoms with Crippen LogP contribution in [0, 0.1) is 6.54 Å². The predicted octanol–water partition coefficient (Wildman–Crippen LogP) is 3.32. The normalized spacial score (nSPS) is 17.2.